The van der Waals surface area contributed by atoms with Crippen molar-refractivity contribution in [2.75, 3.05) is 17.2 Å². The van der Waals surface area contributed by atoms with E-state index in [1.807, 2.05) is 19.1 Å². The van der Waals surface area contributed by atoms with Gasteiger partial charge in [-0.25, -0.2) is 4.79 Å². The van der Waals surface area contributed by atoms with E-state index >= 15 is 0 Å². The third-order valence-corrected chi connectivity index (χ3v) is 3.43. The molecule has 0 radical (unpaired) electrons. The van der Waals surface area contributed by atoms with Gasteiger partial charge >= 0.3 is 11.9 Å². The fourth-order valence-electron chi connectivity index (χ4n) is 1.65. The van der Waals surface area contributed by atoms with E-state index in [9.17, 15) is 9.59 Å². The van der Waals surface area contributed by atoms with Gasteiger partial charge in [0.2, 0.25) is 0 Å². The Bertz CT molecular complexity index is 459. The lowest BCUT2D eigenvalue weighted by atomic mass is 10.2. The van der Waals surface area contributed by atoms with E-state index in [0.29, 0.717) is 12.2 Å². The highest BCUT2D eigenvalue weighted by molar-refractivity contribution is 7.99. The summed E-state index contributed by atoms with van der Waals surface area (Å²) in [5.74, 6) is -1.53. The number of carboxylic acids is 1. The van der Waals surface area contributed by atoms with Gasteiger partial charge < -0.3 is 10.0 Å². The van der Waals surface area contributed by atoms with E-state index < -0.39 is 11.9 Å². The van der Waals surface area contributed by atoms with Crippen LogP contribution in [0.3, 0.4) is 0 Å². The van der Waals surface area contributed by atoms with Crippen molar-refractivity contribution in [3.63, 3.8) is 0 Å². The molecule has 16 heavy (non-hydrogen) atoms. The molecule has 0 spiro atoms. The molecule has 5 heteroatoms. The van der Waals surface area contributed by atoms with Crippen molar-refractivity contribution in [3.8, 4) is 0 Å². The Hall–Kier alpha value is -1.49. The van der Waals surface area contributed by atoms with E-state index in [2.05, 4.69) is 0 Å². The quantitative estimate of drug-likeness (QED) is 0.695. The molecule has 0 saturated heterocycles. The van der Waals surface area contributed by atoms with Crippen LogP contribution in [0, 0.1) is 6.92 Å². The Labute approximate surface area is 97.3 Å². The molecule has 0 unspecified atom stereocenters. The van der Waals surface area contributed by atoms with Crippen LogP contribution in [0.25, 0.3) is 0 Å². The second-order valence-electron chi connectivity index (χ2n) is 3.58. The number of fused-ring (bicyclic) bond motifs is 1. The molecule has 2 rings (SSSR count). The summed E-state index contributed by atoms with van der Waals surface area (Å²) in [6.07, 6.45) is 0. The van der Waals surface area contributed by atoms with Gasteiger partial charge in [0.15, 0.2) is 0 Å². The molecule has 1 aliphatic rings. The first kappa shape index (κ1) is 11.0. The molecule has 1 N–H and O–H groups in total. The number of aliphatic carboxylic acids is 1. The minimum Gasteiger partial charge on any atom is -0.474 e. The first-order valence-electron chi connectivity index (χ1n) is 4.88. The number of rotatable bonds is 0. The number of anilines is 1. The SMILES string of the molecule is Cc1ccc2c(c1)SCCN2C(=O)C(=O)O. The van der Waals surface area contributed by atoms with Gasteiger partial charge in [0.05, 0.1) is 5.69 Å². The molecule has 0 bridgehead atoms. The van der Waals surface area contributed by atoms with Gasteiger partial charge in [-0.3, -0.25) is 4.79 Å². The standard InChI is InChI=1S/C11H11NO3S/c1-7-2-3-8-9(6-7)16-5-4-12(8)10(13)11(14)15/h2-3,6H,4-5H2,1H3,(H,14,15). The third kappa shape index (κ3) is 1.90. The maximum absolute atomic E-state index is 11.5. The van der Waals surface area contributed by atoms with E-state index in [1.54, 1.807) is 17.8 Å². The van der Waals surface area contributed by atoms with Crippen LogP contribution in [-0.2, 0) is 9.59 Å². The normalized spacial score (nSPS) is 14.4. The molecular weight excluding hydrogens is 226 g/mol. The topological polar surface area (TPSA) is 57.6 Å². The number of carbonyl (C=O) groups is 2. The third-order valence-electron chi connectivity index (χ3n) is 2.41. The number of benzene rings is 1. The zero-order chi connectivity index (χ0) is 11.7. The van der Waals surface area contributed by atoms with Gasteiger partial charge in [-0.05, 0) is 24.6 Å². The molecule has 84 valence electrons. The van der Waals surface area contributed by atoms with Crippen molar-refractivity contribution in [1.29, 1.82) is 0 Å². The number of hydrogen-bond acceptors (Lipinski definition) is 3. The lowest BCUT2D eigenvalue weighted by Crippen LogP contribution is -2.39. The second kappa shape index (κ2) is 4.17. The van der Waals surface area contributed by atoms with Gasteiger partial charge in [0, 0.05) is 17.2 Å². The molecule has 0 fully saturated rings. The van der Waals surface area contributed by atoms with Crippen LogP contribution >= 0.6 is 11.8 Å². The van der Waals surface area contributed by atoms with Crippen LogP contribution in [0.15, 0.2) is 23.1 Å². The summed E-state index contributed by atoms with van der Waals surface area (Å²) >= 11 is 1.65. The Kier molecular flexibility index (Phi) is 2.87. The minimum absolute atomic E-state index is 0.450. The molecule has 1 heterocycles. The van der Waals surface area contributed by atoms with Gasteiger partial charge in [0.1, 0.15) is 0 Å². The van der Waals surface area contributed by atoms with Crippen molar-refractivity contribution in [2.45, 2.75) is 11.8 Å². The largest absolute Gasteiger partial charge is 0.474 e. The van der Waals surface area contributed by atoms with E-state index in [4.69, 9.17) is 5.11 Å². The highest BCUT2D eigenvalue weighted by atomic mass is 32.2. The van der Waals surface area contributed by atoms with Crippen LogP contribution < -0.4 is 4.90 Å². The lowest BCUT2D eigenvalue weighted by Gasteiger charge is -2.27. The van der Waals surface area contributed by atoms with Gasteiger partial charge in [-0.1, -0.05) is 6.07 Å². The molecule has 4 nitrogen and oxygen atoms in total. The molecule has 1 aromatic rings. The Balaban J connectivity index is 2.40. The average molecular weight is 237 g/mol. The maximum atomic E-state index is 11.5. The number of carboxylic acid groups (broad SMARTS) is 1. The number of thioether (sulfide) groups is 1. The molecular formula is C11H11NO3S. The van der Waals surface area contributed by atoms with E-state index in [0.717, 1.165) is 16.2 Å². The Morgan fingerprint density at radius 1 is 1.44 bits per heavy atom. The number of nitrogens with zero attached hydrogens (tertiary/aromatic N) is 1. The van der Waals surface area contributed by atoms with Crippen molar-refractivity contribution in [2.24, 2.45) is 0 Å². The van der Waals surface area contributed by atoms with Crippen molar-refractivity contribution in [1.82, 2.24) is 0 Å². The summed E-state index contributed by atoms with van der Waals surface area (Å²) in [7, 11) is 0. The molecule has 0 atom stereocenters. The second-order valence-corrected chi connectivity index (χ2v) is 4.72. The van der Waals surface area contributed by atoms with Crippen LogP contribution in [-0.4, -0.2) is 29.3 Å². The molecule has 0 aliphatic carbocycles. The zero-order valence-electron chi connectivity index (χ0n) is 8.77. The zero-order valence-corrected chi connectivity index (χ0v) is 9.58. The fraction of sp³-hybridized carbons (Fsp3) is 0.273. The van der Waals surface area contributed by atoms with Crippen molar-refractivity contribution in [3.05, 3.63) is 23.8 Å². The lowest BCUT2D eigenvalue weighted by molar-refractivity contribution is -0.148. The van der Waals surface area contributed by atoms with Crippen LogP contribution in [0.4, 0.5) is 5.69 Å². The number of hydrogen-bond donors (Lipinski definition) is 1. The first-order valence-corrected chi connectivity index (χ1v) is 5.86. The predicted octanol–water partition coefficient (Wildman–Crippen LogP) is 1.52. The van der Waals surface area contributed by atoms with Gasteiger partial charge in [-0.15, -0.1) is 11.8 Å². The summed E-state index contributed by atoms with van der Waals surface area (Å²) in [5, 5.41) is 8.72. The van der Waals surface area contributed by atoms with E-state index in [-0.39, 0.29) is 0 Å². The summed E-state index contributed by atoms with van der Waals surface area (Å²) < 4.78 is 0. The highest BCUT2D eigenvalue weighted by Gasteiger charge is 2.27. The fourth-order valence-corrected chi connectivity index (χ4v) is 2.74. The van der Waals surface area contributed by atoms with Crippen LogP contribution in [0.2, 0.25) is 0 Å². The Morgan fingerprint density at radius 2 is 2.19 bits per heavy atom. The van der Waals surface area contributed by atoms with Crippen molar-refractivity contribution < 1.29 is 14.7 Å². The monoisotopic (exact) mass is 237 g/mol. The van der Waals surface area contributed by atoms with Gasteiger partial charge in [0.25, 0.3) is 0 Å². The smallest absolute Gasteiger partial charge is 0.394 e. The number of aryl methyl sites for hydroxylation is 1. The first-order chi connectivity index (χ1) is 7.59. The molecule has 1 aliphatic heterocycles. The van der Waals surface area contributed by atoms with Gasteiger partial charge in [-0.2, -0.15) is 0 Å². The predicted molar refractivity (Wildman–Crippen MR) is 61.9 cm³/mol. The molecule has 0 aromatic heterocycles. The average Bonchev–Trinajstić information content (AvgIpc) is 2.26. The maximum Gasteiger partial charge on any atom is 0.394 e. The number of amides is 1. The summed E-state index contributed by atoms with van der Waals surface area (Å²) in [6.45, 7) is 2.42. The van der Waals surface area contributed by atoms with Crippen LogP contribution in [0.1, 0.15) is 5.56 Å². The summed E-state index contributed by atoms with van der Waals surface area (Å²) in [4.78, 5) is 24.4. The molecule has 0 saturated carbocycles. The van der Waals surface area contributed by atoms with Crippen molar-refractivity contribution >= 4 is 29.3 Å². The molecule has 1 aromatic carbocycles. The minimum atomic E-state index is -1.40. The Morgan fingerprint density at radius 3 is 2.88 bits per heavy atom. The number of carbonyl (C=O) groups excluding carboxylic acids is 1. The molecule has 1 amide bonds. The van der Waals surface area contributed by atoms with E-state index in [1.165, 1.54) is 4.90 Å². The van der Waals surface area contributed by atoms with Crippen LogP contribution in [0.5, 0.6) is 0 Å². The summed E-state index contributed by atoms with van der Waals surface area (Å²) in [6, 6.07) is 5.66. The summed E-state index contributed by atoms with van der Waals surface area (Å²) in [5.41, 5.74) is 1.81. The highest BCUT2D eigenvalue weighted by Crippen LogP contribution is 2.35.